The van der Waals surface area contributed by atoms with E-state index in [1.165, 1.54) is 11.3 Å². The van der Waals surface area contributed by atoms with Gasteiger partial charge >= 0.3 is 0 Å². The first-order chi connectivity index (χ1) is 9.99. The average Bonchev–Trinajstić information content (AvgIpc) is 2.95. The maximum Gasteiger partial charge on any atom is 0.260 e. The smallest absolute Gasteiger partial charge is 0.260 e. The zero-order valence-electron chi connectivity index (χ0n) is 12.6. The van der Waals surface area contributed by atoms with Crippen LogP contribution in [0.4, 0.5) is 5.82 Å². The van der Waals surface area contributed by atoms with Gasteiger partial charge in [0.1, 0.15) is 0 Å². The summed E-state index contributed by atoms with van der Waals surface area (Å²) < 4.78 is 29.7. The van der Waals surface area contributed by atoms with Crippen LogP contribution in [0, 0.1) is 0 Å². The van der Waals surface area contributed by atoms with Crippen LogP contribution in [0.3, 0.4) is 0 Å². The van der Waals surface area contributed by atoms with E-state index in [-0.39, 0.29) is 11.1 Å². The fourth-order valence-corrected chi connectivity index (χ4v) is 4.50. The minimum atomic E-state index is -3.60. The molecule has 118 valence electrons. The molecule has 0 aliphatic carbocycles. The van der Waals surface area contributed by atoms with Gasteiger partial charge in [-0.15, -0.1) is 11.3 Å². The molecule has 0 amide bonds. The monoisotopic (exact) mass is 330 g/mol. The van der Waals surface area contributed by atoms with Crippen LogP contribution in [-0.4, -0.2) is 30.4 Å². The molecule has 0 aromatic carbocycles. The molecule has 0 radical (unpaired) electrons. The zero-order valence-corrected chi connectivity index (χ0v) is 14.2. The molecule has 0 spiro atoms. The van der Waals surface area contributed by atoms with E-state index >= 15 is 0 Å². The number of hydrogen-bond donors (Lipinski definition) is 2. The van der Waals surface area contributed by atoms with E-state index in [1.807, 2.05) is 19.2 Å². The Morgan fingerprint density at radius 3 is 2.86 bits per heavy atom. The number of aromatic nitrogens is 2. The number of nitrogens with one attached hydrogen (secondary N) is 2. The Kier molecular flexibility index (Phi) is 5.23. The fourth-order valence-electron chi connectivity index (χ4n) is 2.19. The summed E-state index contributed by atoms with van der Waals surface area (Å²) in [6, 6.07) is -0.0892. The maximum atomic E-state index is 12.7. The van der Waals surface area contributed by atoms with Gasteiger partial charge in [-0.1, -0.05) is 19.8 Å². The van der Waals surface area contributed by atoms with E-state index in [0.29, 0.717) is 17.3 Å². The van der Waals surface area contributed by atoms with Crippen LogP contribution < -0.4 is 10.0 Å². The summed E-state index contributed by atoms with van der Waals surface area (Å²) in [7, 11) is -3.60. The summed E-state index contributed by atoms with van der Waals surface area (Å²) in [6.07, 6.45) is 4.62. The van der Waals surface area contributed by atoms with Gasteiger partial charge in [0.25, 0.3) is 10.0 Å². The Hall–Kier alpha value is -1.12. The number of fused-ring (bicyclic) bond motifs is 1. The summed E-state index contributed by atoms with van der Waals surface area (Å²) in [5.41, 5.74) is 0. The number of nitrogens with zero attached hydrogens (tertiary/aromatic N) is 2. The van der Waals surface area contributed by atoms with Crippen LogP contribution in [0.5, 0.6) is 0 Å². The Morgan fingerprint density at radius 2 is 2.19 bits per heavy atom. The van der Waals surface area contributed by atoms with Crippen molar-refractivity contribution in [1.29, 1.82) is 0 Å². The first-order valence-corrected chi connectivity index (χ1v) is 9.57. The van der Waals surface area contributed by atoms with Crippen molar-refractivity contribution < 1.29 is 8.42 Å². The largest absolute Gasteiger partial charge is 0.368 e. The normalized spacial score (nSPS) is 13.7. The molecule has 1 unspecified atom stereocenters. The molecular formula is C13H22N4O2S2. The molecule has 0 saturated heterocycles. The second-order valence-electron chi connectivity index (χ2n) is 5.02. The van der Waals surface area contributed by atoms with Crippen molar-refractivity contribution in [2.45, 2.75) is 51.1 Å². The molecule has 1 atom stereocenters. The molecule has 0 fully saturated rings. The highest BCUT2D eigenvalue weighted by Crippen LogP contribution is 2.25. The van der Waals surface area contributed by atoms with E-state index in [1.54, 1.807) is 10.6 Å². The second-order valence-corrected chi connectivity index (χ2v) is 7.52. The van der Waals surface area contributed by atoms with Crippen LogP contribution in [0.2, 0.25) is 0 Å². The maximum absolute atomic E-state index is 12.7. The third kappa shape index (κ3) is 3.56. The highest BCUT2D eigenvalue weighted by Gasteiger charge is 2.27. The van der Waals surface area contributed by atoms with Crippen molar-refractivity contribution in [3.8, 4) is 0 Å². The molecule has 8 heteroatoms. The quantitative estimate of drug-likeness (QED) is 0.780. The first-order valence-electron chi connectivity index (χ1n) is 7.21. The molecule has 2 heterocycles. The van der Waals surface area contributed by atoms with Crippen molar-refractivity contribution in [2.24, 2.45) is 0 Å². The third-order valence-corrected chi connectivity index (χ3v) is 5.53. The van der Waals surface area contributed by atoms with Crippen molar-refractivity contribution >= 4 is 32.1 Å². The molecule has 6 nitrogen and oxygen atoms in total. The molecule has 0 saturated carbocycles. The molecule has 0 bridgehead atoms. The van der Waals surface area contributed by atoms with Crippen LogP contribution in [0.15, 0.2) is 16.6 Å². The predicted octanol–water partition coefficient (Wildman–Crippen LogP) is 2.68. The number of rotatable bonds is 8. The van der Waals surface area contributed by atoms with E-state index in [4.69, 9.17) is 0 Å². The zero-order chi connectivity index (χ0) is 15.5. The van der Waals surface area contributed by atoms with Crippen molar-refractivity contribution in [3.05, 3.63) is 11.6 Å². The molecule has 2 rings (SSSR count). The van der Waals surface area contributed by atoms with Crippen molar-refractivity contribution in [3.63, 3.8) is 0 Å². The number of hydrogen-bond acceptors (Lipinski definition) is 5. The SMILES string of the molecule is CCCCC(C)NS(=O)(=O)c1c(NCC)nc2sccn12. The van der Waals surface area contributed by atoms with E-state index < -0.39 is 10.0 Å². The van der Waals surface area contributed by atoms with E-state index in [2.05, 4.69) is 21.9 Å². The minimum absolute atomic E-state index is 0.0892. The molecule has 0 aliphatic rings. The first kappa shape index (κ1) is 16.3. The average molecular weight is 330 g/mol. The van der Waals surface area contributed by atoms with Gasteiger partial charge in [-0.05, 0) is 20.3 Å². The van der Waals surface area contributed by atoms with Crippen LogP contribution >= 0.6 is 11.3 Å². The van der Waals surface area contributed by atoms with Crippen LogP contribution in [-0.2, 0) is 10.0 Å². The molecule has 2 aromatic rings. The second kappa shape index (κ2) is 6.76. The minimum Gasteiger partial charge on any atom is -0.368 e. The van der Waals surface area contributed by atoms with Gasteiger partial charge in [0.05, 0.1) is 0 Å². The Labute approximate surface area is 129 Å². The molecule has 21 heavy (non-hydrogen) atoms. The third-order valence-electron chi connectivity index (χ3n) is 3.16. The highest BCUT2D eigenvalue weighted by atomic mass is 32.2. The summed E-state index contributed by atoms with van der Waals surface area (Å²) in [4.78, 5) is 5.02. The van der Waals surface area contributed by atoms with E-state index in [0.717, 1.165) is 19.3 Å². The predicted molar refractivity (Wildman–Crippen MR) is 86.5 cm³/mol. The summed E-state index contributed by atoms with van der Waals surface area (Å²) >= 11 is 1.42. The topological polar surface area (TPSA) is 75.5 Å². The van der Waals surface area contributed by atoms with Gasteiger partial charge in [-0.2, -0.15) is 0 Å². The number of sulfonamides is 1. The van der Waals surface area contributed by atoms with Gasteiger partial charge in [0, 0.05) is 24.2 Å². The van der Waals surface area contributed by atoms with Gasteiger partial charge in [-0.25, -0.2) is 18.1 Å². The summed E-state index contributed by atoms with van der Waals surface area (Å²) in [6.45, 7) is 6.53. The summed E-state index contributed by atoms with van der Waals surface area (Å²) in [5.74, 6) is 0.416. The van der Waals surface area contributed by atoms with Crippen LogP contribution in [0.1, 0.15) is 40.0 Å². The number of imidazole rings is 1. The number of thiazole rings is 1. The fraction of sp³-hybridized carbons (Fsp3) is 0.615. The van der Waals surface area contributed by atoms with Crippen molar-refractivity contribution in [1.82, 2.24) is 14.1 Å². The molecule has 2 N–H and O–H groups in total. The standard InChI is InChI=1S/C13H22N4O2S2/c1-4-6-7-10(3)16-21(18,19)12-11(14-5-2)15-13-17(12)8-9-20-13/h8-10,14,16H,4-7H2,1-3H3. The molecule has 0 aliphatic heterocycles. The lowest BCUT2D eigenvalue weighted by molar-refractivity contribution is 0.531. The van der Waals surface area contributed by atoms with Gasteiger partial charge in [0.2, 0.25) is 0 Å². The Morgan fingerprint density at radius 1 is 1.43 bits per heavy atom. The van der Waals surface area contributed by atoms with Crippen molar-refractivity contribution in [2.75, 3.05) is 11.9 Å². The number of anilines is 1. The Bertz CT molecular complexity index is 690. The van der Waals surface area contributed by atoms with Gasteiger partial charge < -0.3 is 5.32 Å². The Balaban J connectivity index is 2.34. The molecule has 2 aromatic heterocycles. The molecular weight excluding hydrogens is 308 g/mol. The van der Waals surface area contributed by atoms with Crippen LogP contribution in [0.25, 0.3) is 4.96 Å². The van der Waals surface area contributed by atoms with Gasteiger partial charge in [0.15, 0.2) is 15.8 Å². The van der Waals surface area contributed by atoms with Gasteiger partial charge in [-0.3, -0.25) is 4.40 Å². The lowest BCUT2D eigenvalue weighted by Gasteiger charge is -2.14. The number of unbranched alkanes of at least 4 members (excludes halogenated alkanes) is 1. The summed E-state index contributed by atoms with van der Waals surface area (Å²) in [5, 5.41) is 5.06. The lowest BCUT2D eigenvalue weighted by atomic mass is 10.2. The highest BCUT2D eigenvalue weighted by molar-refractivity contribution is 7.89. The lowest BCUT2D eigenvalue weighted by Crippen LogP contribution is -2.33. The van der Waals surface area contributed by atoms with E-state index in [9.17, 15) is 8.42 Å².